The highest BCUT2D eigenvalue weighted by Gasteiger charge is 2.40. The zero-order valence-corrected chi connectivity index (χ0v) is 52.6. The fourth-order valence-electron chi connectivity index (χ4n) is 12.7. The van der Waals surface area contributed by atoms with Crippen LogP contribution in [0.4, 0.5) is 15.4 Å². The van der Waals surface area contributed by atoms with Crippen molar-refractivity contribution in [2.75, 3.05) is 62.0 Å². The summed E-state index contributed by atoms with van der Waals surface area (Å²) < 4.78 is 6.72. The molecule has 3 N–H and O–H groups in total. The van der Waals surface area contributed by atoms with E-state index in [-0.39, 0.29) is 11.1 Å². The lowest BCUT2D eigenvalue weighted by atomic mass is 9.79. The monoisotopic (exact) mass is 1190 g/mol. The van der Waals surface area contributed by atoms with Crippen molar-refractivity contribution < 1.29 is 0 Å². The summed E-state index contributed by atoms with van der Waals surface area (Å²) in [7, 11) is 12.3. The number of aryl methyl sites for hydroxylation is 3. The first-order valence-corrected chi connectivity index (χ1v) is 31.9. The Morgan fingerprint density at radius 2 is 0.835 bits per heavy atom. The summed E-state index contributed by atoms with van der Waals surface area (Å²) in [5.74, 6) is 0. The Morgan fingerprint density at radius 3 is 1.28 bits per heavy atom. The van der Waals surface area contributed by atoms with Gasteiger partial charge in [0, 0.05) is 123 Å². The minimum Gasteiger partial charge on any atom is -0.348 e. The van der Waals surface area contributed by atoms with Gasteiger partial charge in [-0.25, -0.2) is 24.9 Å². The molecule has 12 aromatic rings. The Hall–Kier alpha value is -7.53. The largest absolute Gasteiger partial charge is 0.348 e. The molecule has 0 saturated carbocycles. The minimum absolute atomic E-state index is 0.105. The van der Waals surface area contributed by atoms with Gasteiger partial charge in [-0.15, -0.1) is 0 Å². The molecule has 85 heavy (non-hydrogen) atoms. The molecule has 18 nitrogen and oxygen atoms in total. The smallest absolute Gasteiger partial charge is 0.187 e. The summed E-state index contributed by atoms with van der Waals surface area (Å²) in [6, 6.07) is 30.9. The normalized spacial score (nSPS) is 16.7. The van der Waals surface area contributed by atoms with E-state index >= 15 is 0 Å². The van der Waals surface area contributed by atoms with Gasteiger partial charge in [-0.3, -0.25) is 19.0 Å². The van der Waals surface area contributed by atoms with Gasteiger partial charge in [-0.05, 0) is 159 Å². The Morgan fingerprint density at radius 1 is 0.447 bits per heavy atom. The fraction of sp³-hybridized carbons (Fsp3) is 0.391. The van der Waals surface area contributed by atoms with Crippen molar-refractivity contribution in [1.29, 1.82) is 0 Å². The predicted molar refractivity (Wildman–Crippen MR) is 353 cm³/mol. The highest BCUT2D eigenvalue weighted by molar-refractivity contribution is 7.22. The maximum Gasteiger partial charge on any atom is 0.187 e. The van der Waals surface area contributed by atoms with Gasteiger partial charge in [0.1, 0.15) is 26.2 Å². The minimum atomic E-state index is 0.105. The van der Waals surface area contributed by atoms with E-state index in [9.17, 15) is 0 Å². The van der Waals surface area contributed by atoms with Crippen LogP contribution in [-0.4, -0.2) is 136 Å². The van der Waals surface area contributed by atoms with Crippen LogP contribution < -0.4 is 30.7 Å². The number of hydrogen-bond donors (Lipinski definition) is 3. The molecule has 3 fully saturated rings. The lowest BCUT2D eigenvalue weighted by molar-refractivity contribution is 0.161. The number of piperidine rings is 3. The first-order valence-electron chi connectivity index (χ1n) is 29.5. The van der Waals surface area contributed by atoms with Crippen LogP contribution in [-0.2, 0) is 21.1 Å². The van der Waals surface area contributed by atoms with E-state index in [2.05, 4.69) is 185 Å². The quantitative estimate of drug-likeness (QED) is 0.124. The molecule has 438 valence electrons. The molecule has 0 atom stereocenters. The second-order valence-corrected chi connectivity index (χ2v) is 27.5. The third-order valence-electron chi connectivity index (χ3n) is 16.8. The average Bonchev–Trinajstić information content (AvgIpc) is 4.19. The Bertz CT molecular complexity index is 4170. The SMILES string of the molecule is CN(c1nc2ccc(-c3ccc4nn(C)cc4c3)nc2s1)C1CC(C)(C)NC(C)(C)C1.CN(c1nc2ccc(-c3ccc4nn(C)cc4c3)nc2s1)C1CCNCC1.CN(c1nc2cnc(-c3ccc4nn(C)cc4c3)cc2s1)C1CCNCC1. The van der Waals surface area contributed by atoms with Crippen LogP contribution in [0.15, 0.2) is 110 Å². The molecule has 0 radical (unpaired) electrons. The second-order valence-electron chi connectivity index (χ2n) is 24.5. The predicted octanol–water partition coefficient (Wildman–Crippen LogP) is 11.9. The number of thiazole rings is 3. The molecule has 3 saturated heterocycles. The van der Waals surface area contributed by atoms with Gasteiger partial charge in [-0.1, -0.05) is 52.2 Å². The van der Waals surface area contributed by atoms with Gasteiger partial charge in [0.05, 0.1) is 44.5 Å². The molecule has 0 amide bonds. The maximum atomic E-state index is 4.95. The standard InChI is InChI=1S/C24H30N6S.2C20H22N6S/c1-23(2)12-17(13-24(3,4)28-23)30(6)22-26-20-10-9-18(25-21(20)31-22)15-7-8-19-16(11-15)14-29(5)27-19;1-25-12-14-9-13(3-4-16(14)24-25)17-10-19-18(11-22-17)23-20(27-19)26(2)15-5-7-21-8-6-15;1-25-12-14-11-13(3-4-17(14)24-25)16-5-6-18-19(22-16)27-20(23-18)26(2)15-7-9-21-10-8-15/h7-11,14,17,28H,12-13H2,1-6H3;3-4,9-12,15,21H,5-8H2,1-2H3;3-6,11-12,15,21H,7-10H2,1-2H3. The molecule has 9 aromatic heterocycles. The molecule has 3 aliphatic rings. The third-order valence-corrected chi connectivity index (χ3v) is 20.1. The Labute approximate surface area is 507 Å². The lowest BCUT2D eigenvalue weighted by Gasteiger charge is -2.48. The van der Waals surface area contributed by atoms with Crippen molar-refractivity contribution in [2.45, 2.75) is 95.4 Å². The van der Waals surface area contributed by atoms with Gasteiger partial charge in [0.15, 0.2) is 15.4 Å². The summed E-state index contributed by atoms with van der Waals surface area (Å²) in [5.41, 5.74) is 12.4. The van der Waals surface area contributed by atoms with Crippen LogP contribution in [0.1, 0.15) is 66.2 Å². The van der Waals surface area contributed by atoms with Crippen molar-refractivity contribution in [1.82, 2.24) is 75.2 Å². The number of benzene rings is 3. The van der Waals surface area contributed by atoms with E-state index in [1.54, 1.807) is 34.0 Å². The summed E-state index contributed by atoms with van der Waals surface area (Å²) in [6.07, 6.45) is 14.9. The van der Waals surface area contributed by atoms with Crippen molar-refractivity contribution in [3.8, 4) is 33.8 Å². The molecule has 3 aliphatic heterocycles. The van der Waals surface area contributed by atoms with E-state index < -0.39 is 0 Å². The summed E-state index contributed by atoms with van der Waals surface area (Å²) in [4.78, 5) is 38.1. The van der Waals surface area contributed by atoms with Crippen LogP contribution >= 0.6 is 34.0 Å². The van der Waals surface area contributed by atoms with Gasteiger partial charge < -0.3 is 30.7 Å². The number of nitrogens with zero attached hydrogens (tertiary/aromatic N) is 15. The molecule has 21 heteroatoms. The summed E-state index contributed by atoms with van der Waals surface area (Å²) >= 11 is 5.12. The van der Waals surface area contributed by atoms with Gasteiger partial charge in [0.2, 0.25) is 0 Å². The van der Waals surface area contributed by atoms with Crippen molar-refractivity contribution in [3.05, 3.63) is 110 Å². The van der Waals surface area contributed by atoms with Crippen LogP contribution in [0.3, 0.4) is 0 Å². The Balaban J connectivity index is 0.000000119. The molecule has 0 unspecified atom stereocenters. The van der Waals surface area contributed by atoms with Crippen LogP contribution in [0.2, 0.25) is 0 Å². The third kappa shape index (κ3) is 12.2. The molecule has 12 heterocycles. The summed E-state index contributed by atoms with van der Waals surface area (Å²) in [5, 5.41) is 30.6. The summed E-state index contributed by atoms with van der Waals surface area (Å²) in [6.45, 7) is 13.5. The second kappa shape index (κ2) is 23.0. The number of aromatic nitrogens is 12. The number of pyridine rings is 3. The molecule has 3 aromatic carbocycles. The zero-order valence-electron chi connectivity index (χ0n) is 50.1. The number of fused-ring (bicyclic) bond motifs is 6. The van der Waals surface area contributed by atoms with Crippen molar-refractivity contribution in [2.24, 2.45) is 21.1 Å². The van der Waals surface area contributed by atoms with Crippen molar-refractivity contribution in [3.63, 3.8) is 0 Å². The lowest BCUT2D eigenvalue weighted by Crippen LogP contribution is -2.61. The first-order chi connectivity index (χ1) is 40.9. The van der Waals surface area contributed by atoms with Crippen LogP contribution in [0.25, 0.3) is 97.4 Å². The molecule has 0 aliphatic carbocycles. The number of rotatable bonds is 9. The van der Waals surface area contributed by atoms with E-state index in [1.807, 2.05) is 60.0 Å². The van der Waals surface area contributed by atoms with Crippen molar-refractivity contribution >= 4 is 113 Å². The maximum absolute atomic E-state index is 4.95. The first kappa shape index (κ1) is 56.6. The topological polar surface area (TPSA) is 177 Å². The highest BCUT2D eigenvalue weighted by atomic mass is 32.1. The molecule has 15 rings (SSSR count). The number of nitrogens with one attached hydrogen (secondary N) is 3. The Kier molecular flexibility index (Phi) is 15.3. The average molecular weight is 1190 g/mol. The van der Waals surface area contributed by atoms with Crippen LogP contribution in [0.5, 0.6) is 0 Å². The molecule has 0 bridgehead atoms. The molecule has 0 spiro atoms. The van der Waals surface area contributed by atoms with Gasteiger partial charge in [-0.2, -0.15) is 15.3 Å². The van der Waals surface area contributed by atoms with Gasteiger partial charge in [0.25, 0.3) is 0 Å². The zero-order chi connectivity index (χ0) is 58.7. The van der Waals surface area contributed by atoms with E-state index in [1.165, 1.54) is 17.5 Å². The van der Waals surface area contributed by atoms with Crippen LogP contribution in [0, 0.1) is 0 Å². The number of hydrogen-bond acceptors (Lipinski definition) is 18. The van der Waals surface area contributed by atoms with E-state index in [0.717, 1.165) is 160 Å². The fourth-order valence-corrected chi connectivity index (χ4v) is 15.6. The molecular weight excluding hydrogens is 1120 g/mol. The number of anilines is 3. The van der Waals surface area contributed by atoms with E-state index in [0.29, 0.717) is 18.1 Å². The van der Waals surface area contributed by atoms with E-state index in [4.69, 9.17) is 24.9 Å². The highest BCUT2D eigenvalue weighted by Crippen LogP contribution is 2.38. The molecular formula is C64H74N18S3. The van der Waals surface area contributed by atoms with Gasteiger partial charge >= 0.3 is 0 Å².